The topological polar surface area (TPSA) is 87.0 Å². The molecule has 0 amide bonds. The van der Waals surface area contributed by atoms with Crippen LogP contribution in [-0.2, 0) is 16.0 Å². The number of nitrogens with one attached hydrogen (secondary N) is 1. The molecular weight excluding hydrogens is 463 g/mol. The molecular formula is C21H21Cl3N4O3. The number of carboxylic acids is 1. The number of aliphatic imine (C=N–C) groups is 1. The molecule has 1 saturated heterocycles. The van der Waals surface area contributed by atoms with Crippen LogP contribution in [0.5, 0.6) is 0 Å². The van der Waals surface area contributed by atoms with Crippen LogP contribution in [0.25, 0.3) is 0 Å². The van der Waals surface area contributed by atoms with Crippen LogP contribution in [0.1, 0.15) is 17.3 Å². The van der Waals surface area contributed by atoms with Crippen LogP contribution in [0, 0.1) is 0 Å². The van der Waals surface area contributed by atoms with Crippen molar-refractivity contribution in [1.29, 1.82) is 0 Å². The fraction of sp³-hybridized carbons (Fsp3) is 0.381. The molecule has 3 heterocycles. The minimum Gasteiger partial charge on any atom is -0.480 e. The molecule has 0 radical (unpaired) electrons. The van der Waals surface area contributed by atoms with Gasteiger partial charge in [0.05, 0.1) is 23.9 Å². The number of halogens is 3. The maximum Gasteiger partial charge on any atom is 0.330 e. The third-order valence-electron chi connectivity index (χ3n) is 5.51. The van der Waals surface area contributed by atoms with Gasteiger partial charge in [-0.25, -0.2) is 4.79 Å². The Bertz CT molecular complexity index is 1010. The SMILES string of the molecule is O=C(O)C1(Cc2cc(Cl)ccc2Cl)NC(c2cncc(Cl)c2)N=C1CN1CCOCC1. The Hall–Kier alpha value is -1.74. The van der Waals surface area contributed by atoms with Crippen molar-refractivity contribution in [2.75, 3.05) is 32.8 Å². The van der Waals surface area contributed by atoms with Crippen LogP contribution in [0.4, 0.5) is 0 Å². The Morgan fingerprint density at radius 1 is 1.19 bits per heavy atom. The van der Waals surface area contributed by atoms with Gasteiger partial charge in [-0.05, 0) is 29.8 Å². The summed E-state index contributed by atoms with van der Waals surface area (Å²) in [6, 6.07) is 6.76. The quantitative estimate of drug-likeness (QED) is 0.654. The van der Waals surface area contributed by atoms with Crippen molar-refractivity contribution in [3.63, 3.8) is 0 Å². The largest absolute Gasteiger partial charge is 0.480 e. The Morgan fingerprint density at radius 3 is 2.68 bits per heavy atom. The predicted octanol–water partition coefficient (Wildman–Crippen LogP) is 3.48. The highest BCUT2D eigenvalue weighted by Crippen LogP contribution is 2.33. The summed E-state index contributed by atoms with van der Waals surface area (Å²) >= 11 is 18.6. The average molecular weight is 484 g/mol. The Morgan fingerprint density at radius 2 is 1.97 bits per heavy atom. The van der Waals surface area contributed by atoms with Crippen LogP contribution < -0.4 is 5.32 Å². The number of hydrogen-bond acceptors (Lipinski definition) is 6. The van der Waals surface area contributed by atoms with Gasteiger partial charge in [0.25, 0.3) is 0 Å². The van der Waals surface area contributed by atoms with Gasteiger partial charge in [-0.15, -0.1) is 0 Å². The van der Waals surface area contributed by atoms with E-state index in [0.29, 0.717) is 64.8 Å². The molecule has 31 heavy (non-hydrogen) atoms. The highest BCUT2D eigenvalue weighted by Gasteiger charge is 2.50. The fourth-order valence-corrected chi connectivity index (χ4v) is 4.44. The summed E-state index contributed by atoms with van der Waals surface area (Å²) in [7, 11) is 0. The van der Waals surface area contributed by atoms with E-state index in [9.17, 15) is 9.90 Å². The zero-order chi connectivity index (χ0) is 22.0. The molecule has 1 aromatic carbocycles. The Labute approximate surface area is 195 Å². The second kappa shape index (κ2) is 9.40. The maximum atomic E-state index is 12.7. The van der Waals surface area contributed by atoms with E-state index in [-0.39, 0.29) is 6.42 Å². The van der Waals surface area contributed by atoms with Crippen molar-refractivity contribution in [2.24, 2.45) is 4.99 Å². The molecule has 2 aliphatic rings. The average Bonchev–Trinajstić information content (AvgIpc) is 3.11. The highest BCUT2D eigenvalue weighted by molar-refractivity contribution is 6.33. The molecule has 2 aliphatic heterocycles. The molecule has 1 aromatic heterocycles. The number of benzene rings is 1. The maximum absolute atomic E-state index is 12.7. The molecule has 2 aromatic rings. The summed E-state index contributed by atoms with van der Waals surface area (Å²) in [4.78, 5) is 23.8. The second-order valence-corrected chi connectivity index (χ2v) is 8.85. The van der Waals surface area contributed by atoms with E-state index < -0.39 is 17.7 Å². The number of ether oxygens (including phenoxy) is 1. The van der Waals surface area contributed by atoms with E-state index in [1.165, 1.54) is 6.20 Å². The number of carbonyl (C=O) groups is 1. The molecule has 2 unspecified atom stereocenters. The third-order valence-corrected chi connectivity index (χ3v) is 6.32. The first kappa shape index (κ1) is 22.5. The Balaban J connectivity index is 1.73. The summed E-state index contributed by atoms with van der Waals surface area (Å²) in [5.41, 5.74) is 0.374. The minimum absolute atomic E-state index is 0.0927. The van der Waals surface area contributed by atoms with Gasteiger partial charge in [0, 0.05) is 54.1 Å². The predicted molar refractivity (Wildman–Crippen MR) is 120 cm³/mol. The van der Waals surface area contributed by atoms with Crippen LogP contribution in [0.15, 0.2) is 41.7 Å². The summed E-state index contributed by atoms with van der Waals surface area (Å²) in [5, 5.41) is 15.0. The second-order valence-electron chi connectivity index (χ2n) is 7.57. The zero-order valence-electron chi connectivity index (χ0n) is 16.5. The molecule has 2 atom stereocenters. The van der Waals surface area contributed by atoms with Gasteiger partial charge in [-0.2, -0.15) is 0 Å². The highest BCUT2D eigenvalue weighted by atomic mass is 35.5. The van der Waals surface area contributed by atoms with E-state index in [4.69, 9.17) is 44.5 Å². The van der Waals surface area contributed by atoms with Gasteiger partial charge in [0.1, 0.15) is 6.17 Å². The smallest absolute Gasteiger partial charge is 0.330 e. The van der Waals surface area contributed by atoms with Crippen LogP contribution in [0.3, 0.4) is 0 Å². The molecule has 1 fully saturated rings. The number of nitrogens with zero attached hydrogens (tertiary/aromatic N) is 3. The van der Waals surface area contributed by atoms with Crippen molar-refractivity contribution < 1.29 is 14.6 Å². The number of aromatic nitrogens is 1. The van der Waals surface area contributed by atoms with Crippen molar-refractivity contribution in [3.05, 3.63) is 62.9 Å². The van der Waals surface area contributed by atoms with Gasteiger partial charge >= 0.3 is 5.97 Å². The van der Waals surface area contributed by atoms with E-state index in [0.717, 1.165) is 0 Å². The lowest BCUT2D eigenvalue weighted by Crippen LogP contribution is -2.59. The fourth-order valence-electron chi connectivity index (χ4n) is 3.88. The summed E-state index contributed by atoms with van der Waals surface area (Å²) < 4.78 is 5.42. The lowest BCUT2D eigenvalue weighted by Gasteiger charge is -2.32. The lowest BCUT2D eigenvalue weighted by atomic mass is 9.86. The van der Waals surface area contributed by atoms with Crippen LogP contribution >= 0.6 is 34.8 Å². The number of morpholine rings is 1. The molecule has 10 heteroatoms. The van der Waals surface area contributed by atoms with E-state index in [2.05, 4.69) is 15.2 Å². The van der Waals surface area contributed by atoms with Crippen molar-refractivity contribution >= 4 is 46.5 Å². The molecule has 0 saturated carbocycles. The van der Waals surface area contributed by atoms with E-state index in [1.807, 2.05) is 0 Å². The third kappa shape index (κ3) is 4.87. The zero-order valence-corrected chi connectivity index (χ0v) is 18.8. The first-order valence-corrected chi connectivity index (χ1v) is 10.9. The number of hydrogen-bond donors (Lipinski definition) is 2. The normalized spacial score (nSPS) is 24.2. The standard InChI is InChI=1S/C21H21Cl3N4O3/c22-15-1-2-17(24)13(7-15)9-21(20(29)30)18(12-28-3-5-31-6-4-28)26-19(27-21)14-8-16(23)11-25-10-14/h1-2,7-8,10-11,19,27H,3-6,9,12H2,(H,29,30). The molecule has 0 aliphatic carbocycles. The molecule has 7 nitrogen and oxygen atoms in total. The molecule has 4 rings (SSSR count). The van der Waals surface area contributed by atoms with Gasteiger partial charge in [0.2, 0.25) is 0 Å². The lowest BCUT2D eigenvalue weighted by molar-refractivity contribution is -0.141. The number of carboxylic acid groups (broad SMARTS) is 1. The van der Waals surface area contributed by atoms with Crippen LogP contribution in [-0.4, -0.2) is 65.1 Å². The van der Waals surface area contributed by atoms with Gasteiger partial charge in [-0.3, -0.25) is 20.2 Å². The number of rotatable bonds is 6. The summed E-state index contributed by atoms with van der Waals surface area (Å²) in [6.45, 7) is 3.00. The molecule has 164 valence electrons. The molecule has 0 spiro atoms. The summed E-state index contributed by atoms with van der Waals surface area (Å²) in [6.07, 6.45) is 2.64. The number of pyridine rings is 1. The Kier molecular flexibility index (Phi) is 6.81. The minimum atomic E-state index is -1.46. The summed E-state index contributed by atoms with van der Waals surface area (Å²) in [5.74, 6) is -1.03. The number of aliphatic carboxylic acids is 1. The molecule has 0 bridgehead atoms. The monoisotopic (exact) mass is 482 g/mol. The van der Waals surface area contributed by atoms with E-state index in [1.54, 1.807) is 30.5 Å². The van der Waals surface area contributed by atoms with Gasteiger partial charge in [-0.1, -0.05) is 34.8 Å². The van der Waals surface area contributed by atoms with Crippen LogP contribution in [0.2, 0.25) is 15.1 Å². The van der Waals surface area contributed by atoms with Crippen molar-refractivity contribution in [2.45, 2.75) is 18.1 Å². The molecule has 2 N–H and O–H groups in total. The van der Waals surface area contributed by atoms with Gasteiger partial charge < -0.3 is 9.84 Å². The first-order chi connectivity index (χ1) is 14.9. The van der Waals surface area contributed by atoms with Gasteiger partial charge in [0.15, 0.2) is 5.54 Å². The first-order valence-electron chi connectivity index (χ1n) is 9.80. The van der Waals surface area contributed by atoms with Crippen molar-refractivity contribution in [3.8, 4) is 0 Å². The van der Waals surface area contributed by atoms with Crippen molar-refractivity contribution in [1.82, 2.24) is 15.2 Å². The van der Waals surface area contributed by atoms with E-state index >= 15 is 0 Å².